The number of benzene rings is 2. The molecule has 0 unspecified atom stereocenters. The van der Waals surface area contributed by atoms with Gasteiger partial charge in [-0.25, -0.2) is 14.4 Å². The third-order valence-corrected chi connectivity index (χ3v) is 9.08. The van der Waals surface area contributed by atoms with E-state index in [9.17, 15) is 4.39 Å². The third-order valence-electron chi connectivity index (χ3n) is 9.08. The Morgan fingerprint density at radius 2 is 0.738 bits per heavy atom. The summed E-state index contributed by atoms with van der Waals surface area (Å²) < 4.78 is 74.3. The zero-order valence-electron chi connectivity index (χ0n) is 37.9. The number of rotatable bonds is 39. The van der Waals surface area contributed by atoms with Crippen LogP contribution in [-0.2, 0) is 42.6 Å². The minimum absolute atomic E-state index is 0.0263. The highest BCUT2D eigenvalue weighted by molar-refractivity contribution is 5.71. The van der Waals surface area contributed by atoms with Crippen molar-refractivity contribution < 1.29 is 56.5 Å². The van der Waals surface area contributed by atoms with Crippen LogP contribution in [0, 0.1) is 0 Å². The number of pyridine rings is 2. The summed E-state index contributed by atoms with van der Waals surface area (Å²) in [5.74, 6) is 1.09. The lowest BCUT2D eigenvalue weighted by atomic mass is 10.1. The van der Waals surface area contributed by atoms with Crippen molar-refractivity contribution in [3.05, 3.63) is 107 Å². The van der Waals surface area contributed by atoms with Gasteiger partial charge in [0, 0.05) is 50.0 Å². The topological polar surface area (TPSA) is 151 Å². The first-order chi connectivity index (χ1) is 32.1. The normalized spacial score (nSPS) is 11.6. The first-order valence-corrected chi connectivity index (χ1v) is 22.0. The van der Waals surface area contributed by atoms with Crippen LogP contribution in [0.25, 0.3) is 24.3 Å². The van der Waals surface area contributed by atoms with Crippen LogP contribution in [0.4, 0.5) is 15.8 Å². The number of nitrogens with one attached hydrogen (secondary N) is 2. The maximum absolute atomic E-state index is 12.7. The van der Waals surface area contributed by atoms with E-state index in [1.807, 2.05) is 86.9 Å². The van der Waals surface area contributed by atoms with E-state index in [1.54, 1.807) is 12.4 Å². The van der Waals surface area contributed by atoms with Gasteiger partial charge in [0.25, 0.3) is 0 Å². The van der Waals surface area contributed by atoms with E-state index in [1.165, 1.54) is 0 Å². The van der Waals surface area contributed by atoms with Gasteiger partial charge >= 0.3 is 0 Å². The Balaban J connectivity index is 0.866. The lowest BCUT2D eigenvalue weighted by Gasteiger charge is -2.17. The second kappa shape index (κ2) is 35.3. The highest BCUT2D eigenvalue weighted by Crippen LogP contribution is 2.15. The average molecular weight is 907 g/mol. The quantitative estimate of drug-likeness (QED) is 0.0449. The Morgan fingerprint density at radius 1 is 0.415 bits per heavy atom. The van der Waals surface area contributed by atoms with Crippen molar-refractivity contribution in [1.82, 2.24) is 9.97 Å². The van der Waals surface area contributed by atoms with Crippen molar-refractivity contribution in [2.75, 3.05) is 157 Å². The second-order valence-corrected chi connectivity index (χ2v) is 14.0. The minimum atomic E-state index is -0.585. The van der Waals surface area contributed by atoms with Gasteiger partial charge in [0.05, 0.1) is 112 Å². The highest BCUT2D eigenvalue weighted by atomic mass is 19.1. The molecule has 2 N–H and O–H groups in total. The molecule has 0 aliphatic carbocycles. The summed E-state index contributed by atoms with van der Waals surface area (Å²) in [6.45, 7) is 6.52. The van der Waals surface area contributed by atoms with Gasteiger partial charge in [0.1, 0.15) is 26.0 Å². The molecule has 2 aromatic heterocycles. The molecular weight excluding hydrogens is 840 g/mol. The molecule has 4 rings (SSSR count). The largest absolute Gasteiger partial charge is 0.475 e. The smallest absolute Gasteiger partial charge is 0.213 e. The lowest BCUT2D eigenvalue weighted by molar-refractivity contribution is -0.0778. The highest BCUT2D eigenvalue weighted by Gasteiger charge is 2.10. The summed E-state index contributed by atoms with van der Waals surface area (Å²) >= 11 is 0. The Kier molecular flexibility index (Phi) is 28.6. The summed E-state index contributed by atoms with van der Waals surface area (Å²) in [6, 6.07) is 24.0. The number of hydrogen-bond donors (Lipinski definition) is 2. The van der Waals surface area contributed by atoms with Gasteiger partial charge in [0.15, 0.2) is 0 Å². The molecule has 0 aliphatic rings. The van der Waals surface area contributed by atoms with Crippen LogP contribution >= 0.6 is 0 Å². The molecule has 0 saturated heterocycles. The van der Waals surface area contributed by atoms with Gasteiger partial charge in [0.2, 0.25) is 11.8 Å². The molecule has 0 atom stereocenters. The van der Waals surface area contributed by atoms with Crippen molar-refractivity contribution in [3.63, 3.8) is 0 Å². The standard InChI is InChI=1S/C49H67FN4O11/c1-51-45-13-7-41(8-14-45)3-5-43-11-17-48(53-37-43)64-35-33-59-27-25-55-21-23-57-29-31-61-39-47(63-20-19-50)40-62-32-30-58-24-22-56-26-28-60-34-36-65-49-18-12-44(38-54-49)6-4-42-9-15-46(52-2)16-10-42/h3-18,37-38,47,51-52H,19-36,39-40H2,1-2H3/b5-3+,6-4+. The van der Waals surface area contributed by atoms with E-state index in [2.05, 4.69) is 44.9 Å². The molecule has 0 saturated carbocycles. The zero-order valence-corrected chi connectivity index (χ0v) is 37.9. The maximum Gasteiger partial charge on any atom is 0.213 e. The Hall–Kier alpha value is -5.01. The molecule has 4 aromatic rings. The number of alkyl halides is 1. The molecule has 2 aromatic carbocycles. The number of nitrogens with zero attached hydrogens (tertiary/aromatic N) is 2. The number of halogens is 1. The molecule has 0 fully saturated rings. The Bertz CT molecular complexity index is 1680. The van der Waals surface area contributed by atoms with E-state index in [0.717, 1.165) is 33.6 Å². The lowest BCUT2D eigenvalue weighted by Crippen LogP contribution is -2.28. The molecule has 15 nitrogen and oxygen atoms in total. The molecule has 0 amide bonds. The predicted molar refractivity (Wildman–Crippen MR) is 252 cm³/mol. The van der Waals surface area contributed by atoms with Crippen LogP contribution < -0.4 is 20.1 Å². The number of ether oxygens (including phenoxy) is 11. The third kappa shape index (κ3) is 25.3. The molecule has 0 aliphatic heterocycles. The molecule has 16 heteroatoms. The summed E-state index contributed by atoms with van der Waals surface area (Å²) in [5, 5.41) is 6.22. The predicted octanol–water partition coefficient (Wildman–Crippen LogP) is 6.85. The molecule has 0 spiro atoms. The maximum atomic E-state index is 12.7. The summed E-state index contributed by atoms with van der Waals surface area (Å²) in [4.78, 5) is 8.71. The monoisotopic (exact) mass is 906 g/mol. The van der Waals surface area contributed by atoms with Gasteiger partial charge in [-0.2, -0.15) is 0 Å². The molecule has 0 bridgehead atoms. The van der Waals surface area contributed by atoms with Gasteiger partial charge in [-0.3, -0.25) is 0 Å². The van der Waals surface area contributed by atoms with E-state index < -0.39 is 12.8 Å². The van der Waals surface area contributed by atoms with Gasteiger partial charge in [-0.15, -0.1) is 0 Å². The zero-order chi connectivity index (χ0) is 45.7. The number of hydrogen-bond acceptors (Lipinski definition) is 15. The van der Waals surface area contributed by atoms with Gasteiger partial charge < -0.3 is 62.7 Å². The average Bonchev–Trinajstić information content (AvgIpc) is 3.35. The van der Waals surface area contributed by atoms with Gasteiger partial charge in [-0.05, 0) is 58.7 Å². The fourth-order valence-corrected chi connectivity index (χ4v) is 5.57. The summed E-state index contributed by atoms with van der Waals surface area (Å²) in [7, 11) is 3.80. The summed E-state index contributed by atoms with van der Waals surface area (Å²) in [6.07, 6.45) is 11.3. The van der Waals surface area contributed by atoms with Crippen LogP contribution in [0.15, 0.2) is 85.2 Å². The summed E-state index contributed by atoms with van der Waals surface area (Å²) in [5.41, 5.74) is 6.34. The Labute approximate surface area is 383 Å². The van der Waals surface area contributed by atoms with Gasteiger partial charge in [-0.1, -0.05) is 48.6 Å². The van der Waals surface area contributed by atoms with E-state index in [0.29, 0.717) is 117 Å². The molecule has 0 radical (unpaired) electrons. The van der Waals surface area contributed by atoms with Crippen molar-refractivity contribution >= 4 is 35.7 Å². The van der Waals surface area contributed by atoms with Crippen molar-refractivity contribution in [3.8, 4) is 11.8 Å². The van der Waals surface area contributed by atoms with Crippen molar-refractivity contribution in [2.45, 2.75) is 6.10 Å². The number of anilines is 2. The van der Waals surface area contributed by atoms with Crippen LogP contribution in [0.3, 0.4) is 0 Å². The first kappa shape index (κ1) is 52.6. The van der Waals surface area contributed by atoms with Crippen LogP contribution in [-0.4, -0.2) is 162 Å². The SMILES string of the molecule is CNc1ccc(/C=C/c2ccc(OCCOCCOCCOCCOCC(COCCOCCOCCOCCOc3ccc(/C=C/c4ccc(NC)cc4)cn3)OCCF)nc2)cc1. The molecule has 2 heterocycles. The first-order valence-electron chi connectivity index (χ1n) is 22.0. The number of aromatic nitrogens is 2. The van der Waals surface area contributed by atoms with Crippen LogP contribution in [0.2, 0.25) is 0 Å². The van der Waals surface area contributed by atoms with E-state index in [4.69, 9.17) is 52.1 Å². The molecular formula is C49H67FN4O11. The van der Waals surface area contributed by atoms with E-state index >= 15 is 0 Å². The Morgan fingerprint density at radius 3 is 1.06 bits per heavy atom. The minimum Gasteiger partial charge on any atom is -0.475 e. The fourth-order valence-electron chi connectivity index (χ4n) is 5.57. The van der Waals surface area contributed by atoms with E-state index in [-0.39, 0.29) is 19.8 Å². The van der Waals surface area contributed by atoms with Crippen LogP contribution in [0.5, 0.6) is 11.8 Å². The second-order valence-electron chi connectivity index (χ2n) is 14.0. The fraction of sp³-hybridized carbons (Fsp3) is 0.469. The molecule has 356 valence electrons. The van der Waals surface area contributed by atoms with Crippen molar-refractivity contribution in [2.24, 2.45) is 0 Å². The van der Waals surface area contributed by atoms with Crippen molar-refractivity contribution in [1.29, 1.82) is 0 Å². The van der Waals surface area contributed by atoms with Crippen LogP contribution in [0.1, 0.15) is 22.3 Å². The molecule has 65 heavy (non-hydrogen) atoms.